The molecule has 1 fully saturated rings. The second-order valence-corrected chi connectivity index (χ2v) is 7.93. The zero-order chi connectivity index (χ0) is 17.9. The van der Waals surface area contributed by atoms with Gasteiger partial charge in [-0.3, -0.25) is 0 Å². The van der Waals surface area contributed by atoms with Gasteiger partial charge in [-0.15, -0.1) is 0 Å². The Labute approximate surface area is 151 Å². The zero-order valence-corrected chi connectivity index (χ0v) is 15.0. The minimum Gasteiger partial charge on any atom is -0.508 e. The molecule has 6 nitrogen and oxygen atoms in total. The average molecular weight is 384 g/mol. The number of sulfonamides is 1. The normalized spacial score (nSPS) is 15.9. The molecule has 0 radical (unpaired) electrons. The number of hydrogen-bond donors (Lipinski definition) is 1. The third-order valence-corrected chi connectivity index (χ3v) is 5.93. The summed E-state index contributed by atoms with van der Waals surface area (Å²) in [5.41, 5.74) is 0.597. The molecule has 0 atom stereocenters. The maximum absolute atomic E-state index is 12.7. The smallest absolute Gasteiger partial charge is 0.243 e. The predicted molar refractivity (Wildman–Crippen MR) is 93.5 cm³/mol. The van der Waals surface area contributed by atoms with Crippen LogP contribution in [0.15, 0.2) is 47.4 Å². The summed E-state index contributed by atoms with van der Waals surface area (Å²) < 4.78 is 37.7. The molecule has 134 valence electrons. The van der Waals surface area contributed by atoms with Crippen molar-refractivity contribution in [1.29, 1.82) is 0 Å². The first-order valence-corrected chi connectivity index (χ1v) is 9.57. The van der Waals surface area contributed by atoms with Crippen molar-refractivity contribution < 1.29 is 23.0 Å². The van der Waals surface area contributed by atoms with Crippen molar-refractivity contribution >= 4 is 21.6 Å². The lowest BCUT2D eigenvalue weighted by Gasteiger charge is -2.26. The molecule has 0 unspecified atom stereocenters. The van der Waals surface area contributed by atoms with Crippen LogP contribution in [0.2, 0.25) is 5.02 Å². The lowest BCUT2D eigenvalue weighted by Crippen LogP contribution is -2.40. The molecule has 0 aliphatic carbocycles. The maximum atomic E-state index is 12.7. The molecule has 2 aromatic carbocycles. The molecular weight excluding hydrogens is 366 g/mol. The number of aromatic hydroxyl groups is 1. The fourth-order valence-electron chi connectivity index (χ4n) is 2.50. The number of ether oxygens (including phenoxy) is 2. The van der Waals surface area contributed by atoms with Crippen molar-refractivity contribution in [3.8, 4) is 11.5 Å². The van der Waals surface area contributed by atoms with Gasteiger partial charge >= 0.3 is 0 Å². The molecule has 8 heteroatoms. The van der Waals surface area contributed by atoms with Crippen LogP contribution in [0.5, 0.6) is 11.5 Å². The summed E-state index contributed by atoms with van der Waals surface area (Å²) in [7, 11) is -3.66. The van der Waals surface area contributed by atoms with Crippen molar-refractivity contribution in [3.63, 3.8) is 0 Å². The number of para-hydroxylation sites is 1. The highest BCUT2D eigenvalue weighted by atomic mass is 35.5. The average Bonchev–Trinajstić information content (AvgIpc) is 2.61. The molecule has 0 amide bonds. The van der Waals surface area contributed by atoms with Crippen molar-refractivity contribution in [2.24, 2.45) is 0 Å². The van der Waals surface area contributed by atoms with Crippen molar-refractivity contribution in [2.75, 3.05) is 26.3 Å². The highest BCUT2D eigenvalue weighted by molar-refractivity contribution is 7.89. The molecule has 0 saturated carbocycles. The fourth-order valence-corrected chi connectivity index (χ4v) is 4.26. The van der Waals surface area contributed by atoms with E-state index in [-0.39, 0.29) is 22.3 Å². The highest BCUT2D eigenvalue weighted by Gasteiger charge is 2.27. The minimum atomic E-state index is -3.66. The van der Waals surface area contributed by atoms with Crippen LogP contribution in [0.3, 0.4) is 0 Å². The second kappa shape index (κ2) is 7.61. The maximum Gasteiger partial charge on any atom is 0.243 e. The number of phenols is 1. The van der Waals surface area contributed by atoms with Gasteiger partial charge in [0.15, 0.2) is 0 Å². The monoisotopic (exact) mass is 383 g/mol. The van der Waals surface area contributed by atoms with Crippen molar-refractivity contribution in [1.82, 2.24) is 4.31 Å². The molecule has 1 saturated heterocycles. The van der Waals surface area contributed by atoms with E-state index in [2.05, 4.69) is 0 Å². The van der Waals surface area contributed by atoms with Crippen LogP contribution < -0.4 is 4.74 Å². The van der Waals surface area contributed by atoms with E-state index in [9.17, 15) is 13.5 Å². The van der Waals surface area contributed by atoms with E-state index in [1.807, 2.05) is 0 Å². The van der Waals surface area contributed by atoms with Crippen LogP contribution in [0, 0.1) is 0 Å². The third-order valence-electron chi connectivity index (χ3n) is 3.84. The topological polar surface area (TPSA) is 76.1 Å². The Kier molecular flexibility index (Phi) is 5.48. The summed E-state index contributed by atoms with van der Waals surface area (Å²) in [6, 6.07) is 11.2. The van der Waals surface area contributed by atoms with Crippen LogP contribution in [0.4, 0.5) is 0 Å². The van der Waals surface area contributed by atoms with E-state index in [4.69, 9.17) is 21.1 Å². The van der Waals surface area contributed by atoms with Gasteiger partial charge in [-0.2, -0.15) is 4.31 Å². The van der Waals surface area contributed by atoms with Crippen molar-refractivity contribution in [3.05, 3.63) is 53.1 Å². The number of nitrogens with zero attached hydrogens (tertiary/aromatic N) is 1. The van der Waals surface area contributed by atoms with E-state index >= 15 is 0 Å². The molecule has 1 aliphatic rings. The zero-order valence-electron chi connectivity index (χ0n) is 13.4. The SMILES string of the molecule is O=S(=O)(c1cc(Cl)cc(OCc2ccccc2O)c1)N1CCOCC1. The van der Waals surface area contributed by atoms with Crippen LogP contribution in [-0.4, -0.2) is 44.1 Å². The molecule has 2 aromatic rings. The fraction of sp³-hybridized carbons (Fsp3) is 0.294. The van der Waals surface area contributed by atoms with Gasteiger partial charge in [0, 0.05) is 29.7 Å². The van der Waals surface area contributed by atoms with Crippen LogP contribution in [0.1, 0.15) is 5.56 Å². The molecule has 0 spiro atoms. The lowest BCUT2D eigenvalue weighted by molar-refractivity contribution is 0.0730. The Morgan fingerprint density at radius 2 is 1.88 bits per heavy atom. The van der Waals surface area contributed by atoms with Gasteiger partial charge in [0.25, 0.3) is 0 Å². The van der Waals surface area contributed by atoms with Gasteiger partial charge in [0.05, 0.1) is 18.1 Å². The lowest BCUT2D eigenvalue weighted by atomic mass is 10.2. The number of morpholine rings is 1. The first-order chi connectivity index (χ1) is 12.0. The Morgan fingerprint density at radius 3 is 2.60 bits per heavy atom. The Morgan fingerprint density at radius 1 is 1.16 bits per heavy atom. The van der Waals surface area contributed by atoms with Gasteiger partial charge < -0.3 is 14.6 Å². The largest absolute Gasteiger partial charge is 0.508 e. The molecule has 25 heavy (non-hydrogen) atoms. The van der Waals surface area contributed by atoms with Gasteiger partial charge in [0.1, 0.15) is 18.1 Å². The van der Waals surface area contributed by atoms with E-state index in [0.29, 0.717) is 37.6 Å². The quantitative estimate of drug-likeness (QED) is 0.859. The summed E-state index contributed by atoms with van der Waals surface area (Å²) in [5, 5.41) is 10.0. The first-order valence-electron chi connectivity index (χ1n) is 7.75. The van der Waals surface area contributed by atoms with Crippen LogP contribution in [-0.2, 0) is 21.4 Å². The number of hydrogen-bond acceptors (Lipinski definition) is 5. The molecule has 1 N–H and O–H groups in total. The number of rotatable bonds is 5. The minimum absolute atomic E-state index is 0.0779. The standard InChI is InChI=1S/C17H18ClNO5S/c18-14-9-15(24-12-13-3-1-2-4-17(13)20)11-16(10-14)25(21,22)19-5-7-23-8-6-19/h1-4,9-11,20H,5-8,12H2. The molecule has 3 rings (SSSR count). The number of benzene rings is 2. The molecular formula is C17H18ClNO5S. The second-order valence-electron chi connectivity index (χ2n) is 5.56. The van der Waals surface area contributed by atoms with Gasteiger partial charge in [-0.05, 0) is 18.2 Å². The third kappa shape index (κ3) is 4.24. The molecule has 1 aliphatic heterocycles. The van der Waals surface area contributed by atoms with Gasteiger partial charge in [0.2, 0.25) is 10.0 Å². The Bertz CT molecular complexity index is 850. The molecule has 0 aromatic heterocycles. The van der Waals surface area contributed by atoms with E-state index in [1.54, 1.807) is 30.3 Å². The Hall–Kier alpha value is -1.80. The van der Waals surface area contributed by atoms with Crippen LogP contribution in [0.25, 0.3) is 0 Å². The molecule has 1 heterocycles. The summed E-state index contributed by atoms with van der Waals surface area (Å²) >= 11 is 6.07. The molecule has 0 bridgehead atoms. The van der Waals surface area contributed by atoms with E-state index < -0.39 is 10.0 Å². The van der Waals surface area contributed by atoms with Crippen molar-refractivity contribution in [2.45, 2.75) is 11.5 Å². The predicted octanol–water partition coefficient (Wildman–Crippen LogP) is 2.65. The highest BCUT2D eigenvalue weighted by Crippen LogP contribution is 2.28. The first kappa shape index (κ1) is 18.0. The van der Waals surface area contributed by atoms with Gasteiger partial charge in [-0.25, -0.2) is 8.42 Å². The Balaban J connectivity index is 1.81. The summed E-state index contributed by atoms with van der Waals surface area (Å²) in [6.45, 7) is 1.46. The summed E-state index contributed by atoms with van der Waals surface area (Å²) in [5.74, 6) is 0.438. The van der Waals surface area contributed by atoms with Gasteiger partial charge in [-0.1, -0.05) is 29.8 Å². The number of halogens is 1. The van der Waals surface area contributed by atoms with Crippen LogP contribution >= 0.6 is 11.6 Å². The summed E-state index contributed by atoms with van der Waals surface area (Å²) in [6.07, 6.45) is 0. The summed E-state index contributed by atoms with van der Waals surface area (Å²) in [4.78, 5) is 0.0779. The number of phenolic OH excluding ortho intramolecular Hbond substituents is 1. The van der Waals surface area contributed by atoms with E-state index in [0.717, 1.165) is 0 Å². The van der Waals surface area contributed by atoms with E-state index in [1.165, 1.54) is 16.4 Å².